The van der Waals surface area contributed by atoms with Crippen LogP contribution in [0.5, 0.6) is 5.75 Å². The van der Waals surface area contributed by atoms with Crippen molar-refractivity contribution in [3.63, 3.8) is 0 Å². The van der Waals surface area contributed by atoms with E-state index < -0.39 is 28.2 Å². The fourth-order valence-electron chi connectivity index (χ4n) is 3.39. The Labute approximate surface area is 186 Å². The van der Waals surface area contributed by atoms with Gasteiger partial charge in [-0.25, -0.2) is 0 Å². The molecule has 1 aliphatic heterocycles. The van der Waals surface area contributed by atoms with E-state index >= 15 is 0 Å². The van der Waals surface area contributed by atoms with Gasteiger partial charge in [0.1, 0.15) is 11.6 Å². The highest BCUT2D eigenvalue weighted by molar-refractivity contribution is 6.04. The molecule has 0 saturated carbocycles. The molecule has 0 bridgehead atoms. The highest BCUT2D eigenvalue weighted by Gasteiger charge is 2.35. The Morgan fingerprint density at radius 2 is 1.94 bits per heavy atom. The van der Waals surface area contributed by atoms with Crippen molar-refractivity contribution in [1.82, 2.24) is 9.97 Å². The minimum Gasteiger partial charge on any atom is -0.497 e. The molecule has 1 aromatic heterocycles. The SMILES string of the molecule is COc1ccc(Nc2nc3c(c(=O)[nH]2)C(C(=O)Nc2cccc([N+](=O)[O-])c2)CC(=O)N3)cc1. The Kier molecular flexibility index (Phi) is 5.72. The third-order valence-corrected chi connectivity index (χ3v) is 4.94. The van der Waals surface area contributed by atoms with E-state index in [-0.39, 0.29) is 35.1 Å². The van der Waals surface area contributed by atoms with Gasteiger partial charge < -0.3 is 20.7 Å². The van der Waals surface area contributed by atoms with Gasteiger partial charge in [0.25, 0.3) is 11.2 Å². The molecule has 0 spiro atoms. The van der Waals surface area contributed by atoms with Crippen molar-refractivity contribution in [1.29, 1.82) is 0 Å². The Morgan fingerprint density at radius 3 is 2.64 bits per heavy atom. The zero-order valence-electron chi connectivity index (χ0n) is 17.2. The first-order valence-corrected chi connectivity index (χ1v) is 9.74. The van der Waals surface area contributed by atoms with Crippen LogP contribution in [0.15, 0.2) is 53.3 Å². The van der Waals surface area contributed by atoms with Crippen LogP contribution < -0.4 is 26.2 Å². The largest absolute Gasteiger partial charge is 0.497 e. The summed E-state index contributed by atoms with van der Waals surface area (Å²) < 4.78 is 5.10. The molecule has 2 amide bonds. The molecule has 1 aliphatic rings. The topological polar surface area (TPSA) is 168 Å². The molecular weight excluding hydrogens is 432 g/mol. The van der Waals surface area contributed by atoms with Crippen LogP contribution in [-0.4, -0.2) is 33.8 Å². The van der Waals surface area contributed by atoms with Crippen LogP contribution in [-0.2, 0) is 9.59 Å². The molecule has 1 unspecified atom stereocenters. The lowest BCUT2D eigenvalue weighted by Crippen LogP contribution is -2.36. The molecule has 2 aromatic carbocycles. The van der Waals surface area contributed by atoms with Crippen LogP contribution in [0.2, 0.25) is 0 Å². The highest BCUT2D eigenvalue weighted by Crippen LogP contribution is 2.30. The van der Waals surface area contributed by atoms with Gasteiger partial charge in [0.05, 0.1) is 23.5 Å². The van der Waals surface area contributed by atoms with E-state index in [2.05, 4.69) is 25.9 Å². The number of rotatable bonds is 6. The summed E-state index contributed by atoms with van der Waals surface area (Å²) in [7, 11) is 1.54. The Balaban J connectivity index is 1.60. The first kappa shape index (κ1) is 21.5. The number of hydrogen-bond acceptors (Lipinski definition) is 8. The molecule has 0 radical (unpaired) electrons. The zero-order chi connectivity index (χ0) is 23.5. The van der Waals surface area contributed by atoms with Gasteiger partial charge in [-0.15, -0.1) is 0 Å². The lowest BCUT2D eigenvalue weighted by molar-refractivity contribution is -0.384. The maximum Gasteiger partial charge on any atom is 0.271 e. The summed E-state index contributed by atoms with van der Waals surface area (Å²) in [6.07, 6.45) is -0.274. The maximum absolute atomic E-state index is 12.9. The lowest BCUT2D eigenvalue weighted by Gasteiger charge is -2.23. The number of nitro groups is 1. The van der Waals surface area contributed by atoms with Gasteiger partial charge in [-0.2, -0.15) is 4.98 Å². The summed E-state index contributed by atoms with van der Waals surface area (Å²) in [6.45, 7) is 0. The minimum absolute atomic E-state index is 0.00203. The number of fused-ring (bicyclic) bond motifs is 1. The second-order valence-electron chi connectivity index (χ2n) is 7.13. The smallest absolute Gasteiger partial charge is 0.271 e. The number of hydrogen-bond donors (Lipinski definition) is 4. The van der Waals surface area contributed by atoms with E-state index in [1.165, 1.54) is 24.3 Å². The number of carbonyl (C=O) groups is 2. The van der Waals surface area contributed by atoms with Crippen LogP contribution >= 0.6 is 0 Å². The molecule has 12 heteroatoms. The first-order chi connectivity index (χ1) is 15.8. The number of anilines is 4. The molecule has 3 aromatic rings. The molecule has 12 nitrogen and oxygen atoms in total. The van der Waals surface area contributed by atoms with Crippen LogP contribution in [0, 0.1) is 10.1 Å². The number of non-ortho nitro benzene ring substituents is 1. The van der Waals surface area contributed by atoms with Crippen molar-refractivity contribution in [3.8, 4) is 5.75 Å². The van der Waals surface area contributed by atoms with Gasteiger partial charge in [0, 0.05) is 29.9 Å². The van der Waals surface area contributed by atoms with Gasteiger partial charge in [-0.05, 0) is 30.3 Å². The zero-order valence-corrected chi connectivity index (χ0v) is 17.2. The Bertz CT molecular complexity index is 1300. The molecule has 4 rings (SSSR count). The third kappa shape index (κ3) is 4.63. The fraction of sp³-hybridized carbons (Fsp3) is 0.143. The van der Waals surface area contributed by atoms with E-state index in [1.54, 1.807) is 31.4 Å². The average molecular weight is 450 g/mol. The van der Waals surface area contributed by atoms with Crippen molar-refractivity contribution in [3.05, 3.63) is 74.6 Å². The van der Waals surface area contributed by atoms with E-state index in [0.29, 0.717) is 11.4 Å². The molecule has 0 fully saturated rings. The van der Waals surface area contributed by atoms with Gasteiger partial charge in [-0.3, -0.25) is 29.5 Å². The molecule has 0 saturated heterocycles. The van der Waals surface area contributed by atoms with E-state index in [0.717, 1.165) is 0 Å². The third-order valence-electron chi connectivity index (χ3n) is 4.94. The summed E-state index contributed by atoms with van der Waals surface area (Å²) in [5.41, 5.74) is -0.0266. The number of benzene rings is 2. The summed E-state index contributed by atoms with van der Waals surface area (Å²) in [6, 6.07) is 12.2. The van der Waals surface area contributed by atoms with Gasteiger partial charge in [0.2, 0.25) is 17.8 Å². The number of H-pyrrole nitrogens is 1. The minimum atomic E-state index is -1.13. The number of amides is 2. The molecule has 2 heterocycles. The summed E-state index contributed by atoms with van der Waals surface area (Å²) >= 11 is 0. The van der Waals surface area contributed by atoms with E-state index in [9.17, 15) is 24.5 Å². The Morgan fingerprint density at radius 1 is 1.18 bits per heavy atom. The van der Waals surface area contributed by atoms with Gasteiger partial charge in [0.15, 0.2) is 0 Å². The number of carbonyl (C=O) groups excluding carboxylic acids is 2. The number of nitrogens with one attached hydrogen (secondary N) is 4. The Hall–Kier alpha value is -4.74. The molecule has 0 aliphatic carbocycles. The van der Waals surface area contributed by atoms with E-state index in [1.807, 2.05) is 0 Å². The quantitative estimate of drug-likeness (QED) is 0.328. The maximum atomic E-state index is 12.9. The predicted molar refractivity (Wildman–Crippen MR) is 119 cm³/mol. The summed E-state index contributed by atoms with van der Waals surface area (Å²) in [5.74, 6) is -1.59. The number of methoxy groups -OCH3 is 1. The predicted octanol–water partition coefficient (Wildman–Crippen LogP) is 2.49. The van der Waals surface area contributed by atoms with E-state index in [4.69, 9.17) is 4.74 Å². The number of nitro benzene ring substituents is 1. The molecule has 1 atom stereocenters. The number of nitrogens with zero attached hydrogens (tertiary/aromatic N) is 2. The average Bonchev–Trinajstić information content (AvgIpc) is 2.79. The van der Waals surface area contributed by atoms with Crippen molar-refractivity contribution in [2.24, 2.45) is 0 Å². The number of aromatic amines is 1. The lowest BCUT2D eigenvalue weighted by atomic mass is 9.92. The normalized spacial score (nSPS) is 14.6. The van der Waals surface area contributed by atoms with Crippen molar-refractivity contribution in [2.75, 3.05) is 23.1 Å². The summed E-state index contributed by atoms with van der Waals surface area (Å²) in [4.78, 5) is 55.1. The second-order valence-corrected chi connectivity index (χ2v) is 7.13. The summed E-state index contributed by atoms with van der Waals surface area (Å²) in [5, 5.41) is 18.9. The standard InChI is InChI=1S/C21H18N6O6/c1-33-14-7-5-11(6-8-14)23-21-25-18-17(20(30)26-21)15(10-16(28)24-18)19(29)22-12-3-2-4-13(9-12)27(31)32/h2-9,15H,10H2,1H3,(H,22,29)(H3,23,24,25,26,28,30). The van der Waals surface area contributed by atoms with Crippen LogP contribution in [0.4, 0.5) is 28.8 Å². The van der Waals surface area contributed by atoms with Gasteiger partial charge in [-0.1, -0.05) is 6.07 Å². The fourth-order valence-corrected chi connectivity index (χ4v) is 3.39. The monoisotopic (exact) mass is 450 g/mol. The first-order valence-electron chi connectivity index (χ1n) is 9.74. The van der Waals surface area contributed by atoms with Gasteiger partial charge >= 0.3 is 0 Å². The van der Waals surface area contributed by atoms with Crippen molar-refractivity contribution in [2.45, 2.75) is 12.3 Å². The van der Waals surface area contributed by atoms with Crippen LogP contribution in [0.1, 0.15) is 17.9 Å². The highest BCUT2D eigenvalue weighted by atomic mass is 16.6. The van der Waals surface area contributed by atoms with Crippen molar-refractivity contribution >= 4 is 40.6 Å². The van der Waals surface area contributed by atoms with Crippen molar-refractivity contribution < 1.29 is 19.2 Å². The molecular formula is C21H18N6O6. The number of ether oxygens (including phenoxy) is 1. The van der Waals surface area contributed by atoms with Crippen LogP contribution in [0.25, 0.3) is 0 Å². The van der Waals surface area contributed by atoms with Crippen LogP contribution in [0.3, 0.4) is 0 Å². The second kappa shape index (κ2) is 8.78. The number of aromatic nitrogens is 2. The molecule has 168 valence electrons. The molecule has 4 N–H and O–H groups in total. The molecule has 33 heavy (non-hydrogen) atoms.